The second-order valence-corrected chi connectivity index (χ2v) is 10.9. The lowest BCUT2D eigenvalue weighted by atomic mass is 9.77. The Hall–Kier alpha value is -4.90. The molecule has 3 heterocycles. The van der Waals surface area contributed by atoms with Crippen LogP contribution in [0.25, 0.3) is 21.8 Å². The zero-order chi connectivity index (χ0) is 26.7. The van der Waals surface area contributed by atoms with E-state index in [1.54, 1.807) is 0 Å². The molecule has 5 heteroatoms. The van der Waals surface area contributed by atoms with Crippen molar-refractivity contribution < 1.29 is 0 Å². The maximum absolute atomic E-state index is 5.15. The minimum absolute atomic E-state index is 0.0545. The number of para-hydroxylation sites is 2. The first kappa shape index (κ1) is 23.0. The molecule has 4 aromatic carbocycles. The van der Waals surface area contributed by atoms with Crippen molar-refractivity contribution in [2.45, 2.75) is 11.8 Å². The number of amidine groups is 1. The van der Waals surface area contributed by atoms with Crippen LogP contribution in [0.1, 0.15) is 17.5 Å². The van der Waals surface area contributed by atoms with Crippen molar-refractivity contribution in [2.75, 3.05) is 25.2 Å². The monoisotopic (exact) mass is 519 g/mol. The highest BCUT2D eigenvalue weighted by Gasteiger charge is 2.42. The molecule has 1 spiro atoms. The number of aromatic nitrogens is 1. The molecule has 40 heavy (non-hydrogen) atoms. The molecule has 5 nitrogen and oxygen atoms in total. The number of hydrogen-bond donors (Lipinski definition) is 0. The van der Waals surface area contributed by atoms with Crippen molar-refractivity contribution >= 4 is 45.0 Å². The lowest BCUT2D eigenvalue weighted by molar-refractivity contribution is 0.515. The molecule has 1 aromatic heterocycles. The van der Waals surface area contributed by atoms with E-state index in [4.69, 9.17) is 9.98 Å². The quantitative estimate of drug-likeness (QED) is 0.246. The van der Waals surface area contributed by atoms with E-state index >= 15 is 0 Å². The number of allylic oxidation sites excluding steroid dienone is 3. The van der Waals surface area contributed by atoms with Crippen molar-refractivity contribution in [3.63, 3.8) is 0 Å². The standard InChI is InChI=1S/C35H29N5/c1-38-24-36-34(37-33(38)25-13-5-2-6-14-25)40-30-18-10-9-17-27(30)28-21-29-32(22-31(28)40)39(26-15-7-3-8-16-26)23-35(29)19-11-4-12-20-35/h2-19,21-22H,20,23-24H2,1H3. The second-order valence-electron chi connectivity index (χ2n) is 10.9. The molecule has 0 amide bonds. The number of rotatable bonds is 2. The summed E-state index contributed by atoms with van der Waals surface area (Å²) in [6.45, 7) is 1.47. The fourth-order valence-electron chi connectivity index (χ4n) is 6.56. The Bertz CT molecular complexity index is 1890. The van der Waals surface area contributed by atoms with Gasteiger partial charge in [0.1, 0.15) is 12.5 Å². The number of benzene rings is 4. The van der Waals surface area contributed by atoms with E-state index in [-0.39, 0.29) is 5.41 Å². The van der Waals surface area contributed by atoms with E-state index in [1.165, 1.54) is 27.7 Å². The lowest BCUT2D eigenvalue weighted by Gasteiger charge is -2.28. The summed E-state index contributed by atoms with van der Waals surface area (Å²) in [6.07, 6.45) is 10.1. The first-order chi connectivity index (χ1) is 19.7. The molecule has 1 aliphatic carbocycles. The van der Waals surface area contributed by atoms with Crippen LogP contribution in [0.15, 0.2) is 131 Å². The molecular weight excluding hydrogens is 490 g/mol. The molecule has 0 bridgehead atoms. The third-order valence-electron chi connectivity index (χ3n) is 8.49. The highest BCUT2D eigenvalue weighted by Crippen LogP contribution is 2.50. The number of nitrogens with zero attached hydrogens (tertiary/aromatic N) is 5. The molecule has 8 rings (SSSR count). The molecule has 0 saturated carbocycles. The predicted molar refractivity (Wildman–Crippen MR) is 166 cm³/mol. The van der Waals surface area contributed by atoms with Crippen LogP contribution in [0.4, 0.5) is 11.4 Å². The van der Waals surface area contributed by atoms with Crippen LogP contribution in [0, 0.1) is 0 Å². The fraction of sp³-hybridized carbons (Fsp3) is 0.143. The van der Waals surface area contributed by atoms with Gasteiger partial charge in [-0.25, -0.2) is 4.99 Å². The summed E-state index contributed by atoms with van der Waals surface area (Å²) in [7, 11) is 2.05. The lowest BCUT2D eigenvalue weighted by Crippen LogP contribution is -2.34. The van der Waals surface area contributed by atoms with Crippen molar-refractivity contribution in [3.8, 4) is 0 Å². The van der Waals surface area contributed by atoms with Crippen LogP contribution in [-0.4, -0.2) is 41.5 Å². The fourth-order valence-corrected chi connectivity index (χ4v) is 6.56. The summed E-state index contributed by atoms with van der Waals surface area (Å²) >= 11 is 0. The Balaban J connectivity index is 1.39. The third kappa shape index (κ3) is 3.40. The van der Waals surface area contributed by atoms with Crippen molar-refractivity contribution in [1.82, 2.24) is 9.47 Å². The number of aliphatic imine (C=N–C) groups is 2. The Morgan fingerprint density at radius 2 is 1.55 bits per heavy atom. The Labute approximate surface area is 233 Å². The van der Waals surface area contributed by atoms with E-state index in [0.29, 0.717) is 6.67 Å². The molecule has 0 fully saturated rings. The number of fused-ring (bicyclic) bond motifs is 5. The van der Waals surface area contributed by atoms with Gasteiger partial charge in [0.15, 0.2) is 0 Å². The summed E-state index contributed by atoms with van der Waals surface area (Å²) in [4.78, 5) is 14.7. The zero-order valence-corrected chi connectivity index (χ0v) is 22.4. The molecule has 2 aliphatic heterocycles. The molecular formula is C35H29N5. The smallest absolute Gasteiger partial charge is 0.233 e. The van der Waals surface area contributed by atoms with Crippen molar-refractivity contribution in [2.24, 2.45) is 9.98 Å². The molecule has 5 aromatic rings. The van der Waals surface area contributed by atoms with Gasteiger partial charge in [-0.3, -0.25) is 4.57 Å². The molecule has 0 saturated heterocycles. The van der Waals surface area contributed by atoms with E-state index in [2.05, 4.69) is 130 Å². The van der Waals surface area contributed by atoms with Gasteiger partial charge < -0.3 is 9.80 Å². The van der Waals surface area contributed by atoms with Gasteiger partial charge in [-0.15, -0.1) is 0 Å². The van der Waals surface area contributed by atoms with Crippen LogP contribution in [-0.2, 0) is 5.41 Å². The van der Waals surface area contributed by atoms with E-state index in [0.717, 1.165) is 41.4 Å². The molecule has 194 valence electrons. The van der Waals surface area contributed by atoms with Gasteiger partial charge in [0.25, 0.3) is 0 Å². The normalized spacial score (nSPS) is 19.9. The predicted octanol–water partition coefficient (Wildman–Crippen LogP) is 7.25. The Kier molecular flexibility index (Phi) is 5.08. The van der Waals surface area contributed by atoms with E-state index < -0.39 is 0 Å². The molecule has 1 atom stereocenters. The summed E-state index contributed by atoms with van der Waals surface area (Å²) in [6, 6.07) is 34.6. The van der Waals surface area contributed by atoms with Gasteiger partial charge >= 0.3 is 0 Å². The van der Waals surface area contributed by atoms with Gasteiger partial charge in [-0.1, -0.05) is 91.0 Å². The zero-order valence-electron chi connectivity index (χ0n) is 22.4. The third-order valence-corrected chi connectivity index (χ3v) is 8.49. The maximum atomic E-state index is 5.15. The van der Waals surface area contributed by atoms with Crippen LogP contribution in [0.5, 0.6) is 0 Å². The van der Waals surface area contributed by atoms with Crippen LogP contribution in [0.3, 0.4) is 0 Å². The highest BCUT2D eigenvalue weighted by atomic mass is 15.3. The van der Waals surface area contributed by atoms with E-state index in [1.807, 2.05) is 13.1 Å². The van der Waals surface area contributed by atoms with E-state index in [9.17, 15) is 0 Å². The summed E-state index contributed by atoms with van der Waals surface area (Å²) in [5.41, 5.74) is 7.14. The summed E-state index contributed by atoms with van der Waals surface area (Å²) < 4.78 is 2.26. The first-order valence-electron chi connectivity index (χ1n) is 13.9. The number of anilines is 2. The van der Waals surface area contributed by atoms with Crippen molar-refractivity contribution in [3.05, 3.63) is 132 Å². The largest absolute Gasteiger partial charge is 0.340 e. The molecule has 3 aliphatic rings. The SMILES string of the molecule is CN1CN=C(n2c3ccccc3c3cc4c(cc32)N(c2ccccc2)CC42C=CC=CC2)N=C1c1ccccc1. The average Bonchev–Trinajstić information content (AvgIpc) is 3.50. The summed E-state index contributed by atoms with van der Waals surface area (Å²) in [5.74, 6) is 1.66. The van der Waals surface area contributed by atoms with Crippen molar-refractivity contribution in [1.29, 1.82) is 0 Å². The molecule has 0 N–H and O–H groups in total. The topological polar surface area (TPSA) is 36.1 Å². The Morgan fingerprint density at radius 1 is 0.775 bits per heavy atom. The first-order valence-corrected chi connectivity index (χ1v) is 13.9. The highest BCUT2D eigenvalue weighted by molar-refractivity contribution is 6.17. The molecule has 1 unspecified atom stereocenters. The minimum atomic E-state index is -0.0545. The summed E-state index contributed by atoms with van der Waals surface area (Å²) in [5, 5.41) is 2.46. The maximum Gasteiger partial charge on any atom is 0.233 e. The minimum Gasteiger partial charge on any atom is -0.340 e. The van der Waals surface area contributed by atoms with Crippen LogP contribution in [0.2, 0.25) is 0 Å². The van der Waals surface area contributed by atoms with Crippen LogP contribution >= 0.6 is 0 Å². The number of hydrogen-bond acceptors (Lipinski definition) is 4. The average molecular weight is 520 g/mol. The van der Waals surface area contributed by atoms with Gasteiger partial charge in [0, 0.05) is 46.7 Å². The Morgan fingerprint density at radius 3 is 2.35 bits per heavy atom. The molecule has 0 radical (unpaired) electrons. The van der Waals surface area contributed by atoms with Gasteiger partial charge in [-0.2, -0.15) is 4.99 Å². The van der Waals surface area contributed by atoms with Gasteiger partial charge in [-0.05, 0) is 42.3 Å². The second kappa shape index (κ2) is 8.82. The van der Waals surface area contributed by atoms with Crippen LogP contribution < -0.4 is 4.90 Å². The van der Waals surface area contributed by atoms with Gasteiger partial charge in [0.2, 0.25) is 5.96 Å². The van der Waals surface area contributed by atoms with Gasteiger partial charge in [0.05, 0.1) is 11.0 Å².